The van der Waals surface area contributed by atoms with Crippen LogP contribution in [0.1, 0.15) is 24.4 Å². The van der Waals surface area contributed by atoms with Gasteiger partial charge in [-0.25, -0.2) is 13.4 Å². The number of rotatable bonds is 4. The molecule has 2 unspecified atom stereocenters. The van der Waals surface area contributed by atoms with E-state index in [1.54, 1.807) is 14.1 Å². The lowest BCUT2D eigenvalue weighted by Gasteiger charge is -2.29. The van der Waals surface area contributed by atoms with Crippen molar-refractivity contribution in [3.63, 3.8) is 0 Å². The maximum absolute atomic E-state index is 11.9. The third-order valence-electron chi connectivity index (χ3n) is 4.71. The van der Waals surface area contributed by atoms with Crippen molar-refractivity contribution in [3.05, 3.63) is 29.8 Å². The van der Waals surface area contributed by atoms with E-state index in [1.807, 2.05) is 24.3 Å². The molecule has 0 aromatic heterocycles. The van der Waals surface area contributed by atoms with Crippen LogP contribution in [0.4, 0.5) is 0 Å². The maximum Gasteiger partial charge on any atom is 0.243 e. The maximum atomic E-state index is 11.9. The van der Waals surface area contributed by atoms with Crippen LogP contribution in [0.5, 0.6) is 5.75 Å². The summed E-state index contributed by atoms with van der Waals surface area (Å²) in [6.45, 7) is 0.572. The van der Waals surface area contributed by atoms with E-state index >= 15 is 0 Å². The van der Waals surface area contributed by atoms with Gasteiger partial charge in [0.25, 0.3) is 0 Å². The molecule has 148 valence electrons. The predicted molar refractivity (Wildman–Crippen MR) is 104 cm³/mol. The highest BCUT2D eigenvalue weighted by Gasteiger charge is 2.29. The minimum Gasteiger partial charge on any atom is -0.493 e. The Morgan fingerprint density at radius 2 is 2.04 bits per heavy atom. The van der Waals surface area contributed by atoms with E-state index in [9.17, 15) is 13.2 Å². The number of hydrogen-bond acceptors (Lipinski definition) is 5. The highest BCUT2D eigenvalue weighted by Crippen LogP contribution is 2.31. The predicted octanol–water partition coefficient (Wildman–Crippen LogP) is 0.321. The Morgan fingerprint density at radius 1 is 1.26 bits per heavy atom. The first-order valence-corrected chi connectivity index (χ1v) is 10.9. The number of guanidine groups is 1. The van der Waals surface area contributed by atoms with Gasteiger partial charge in [0.1, 0.15) is 12.3 Å². The van der Waals surface area contributed by atoms with Gasteiger partial charge in [0, 0.05) is 32.1 Å². The highest BCUT2D eigenvalue weighted by molar-refractivity contribution is 7.91. The molecule has 0 radical (unpaired) electrons. The molecule has 2 atom stereocenters. The van der Waals surface area contributed by atoms with Crippen LogP contribution in [0.2, 0.25) is 0 Å². The number of nitrogens with one attached hydrogen (secondary N) is 2. The number of nitrogens with zero attached hydrogens (tertiary/aromatic N) is 2. The van der Waals surface area contributed by atoms with E-state index in [-0.39, 0.29) is 36.0 Å². The van der Waals surface area contributed by atoms with Crippen molar-refractivity contribution >= 4 is 21.7 Å². The number of carbonyl (C=O) groups excluding carboxylic acids is 1. The zero-order valence-corrected chi connectivity index (χ0v) is 16.5. The summed E-state index contributed by atoms with van der Waals surface area (Å²) in [4.78, 5) is 17.8. The zero-order valence-electron chi connectivity index (χ0n) is 15.6. The minimum atomic E-state index is -3.01. The average molecular weight is 394 g/mol. The lowest BCUT2D eigenvalue weighted by atomic mass is 10.0. The summed E-state index contributed by atoms with van der Waals surface area (Å²) in [5.74, 6) is 1.42. The molecule has 1 aromatic rings. The Hall–Kier alpha value is -2.29. The highest BCUT2D eigenvalue weighted by atomic mass is 32.2. The largest absolute Gasteiger partial charge is 0.493 e. The number of sulfone groups is 1. The van der Waals surface area contributed by atoms with E-state index in [0.29, 0.717) is 19.0 Å². The average Bonchev–Trinajstić information content (AvgIpc) is 2.98. The first kappa shape index (κ1) is 19.5. The Kier molecular flexibility index (Phi) is 5.88. The van der Waals surface area contributed by atoms with E-state index in [1.165, 1.54) is 4.90 Å². The Morgan fingerprint density at radius 3 is 2.74 bits per heavy atom. The lowest BCUT2D eigenvalue weighted by molar-refractivity contribution is -0.127. The molecule has 9 heteroatoms. The second-order valence-corrected chi connectivity index (χ2v) is 9.30. The molecule has 0 bridgehead atoms. The van der Waals surface area contributed by atoms with E-state index in [4.69, 9.17) is 4.74 Å². The molecule has 0 spiro atoms. The van der Waals surface area contributed by atoms with Crippen LogP contribution in [0.3, 0.4) is 0 Å². The number of carbonyl (C=O) groups is 1. The van der Waals surface area contributed by atoms with Gasteiger partial charge in [0.2, 0.25) is 5.91 Å². The molecule has 1 amide bonds. The number of para-hydroxylation sites is 1. The summed E-state index contributed by atoms with van der Waals surface area (Å²) >= 11 is 0. The number of benzene rings is 1. The third-order valence-corrected chi connectivity index (χ3v) is 6.48. The summed E-state index contributed by atoms with van der Waals surface area (Å²) in [5.41, 5.74) is 1.02. The molecule has 0 aliphatic carbocycles. The molecule has 8 nitrogen and oxygen atoms in total. The Labute approximate surface area is 159 Å². The quantitative estimate of drug-likeness (QED) is 0.564. The molecule has 2 aliphatic heterocycles. The van der Waals surface area contributed by atoms with E-state index in [2.05, 4.69) is 15.6 Å². The van der Waals surface area contributed by atoms with E-state index < -0.39 is 9.84 Å². The molecular weight excluding hydrogens is 368 g/mol. The van der Waals surface area contributed by atoms with Gasteiger partial charge in [0.05, 0.1) is 24.2 Å². The van der Waals surface area contributed by atoms with Crippen molar-refractivity contribution in [2.45, 2.75) is 24.9 Å². The molecule has 2 heterocycles. The van der Waals surface area contributed by atoms with Gasteiger partial charge in [-0.1, -0.05) is 18.2 Å². The lowest BCUT2D eigenvalue weighted by Crippen LogP contribution is -2.46. The van der Waals surface area contributed by atoms with Gasteiger partial charge in [-0.05, 0) is 12.5 Å². The van der Waals surface area contributed by atoms with Crippen molar-refractivity contribution in [2.75, 3.05) is 38.8 Å². The van der Waals surface area contributed by atoms with Crippen LogP contribution in [0.25, 0.3) is 0 Å². The topological polar surface area (TPSA) is 100 Å². The van der Waals surface area contributed by atoms with Gasteiger partial charge < -0.3 is 20.3 Å². The molecule has 2 aliphatic rings. The SMILES string of the molecule is CN(C)C(=O)CN=C(NC1CCS(=O)(=O)C1)NC1CCOc2ccccc21. The van der Waals surface area contributed by atoms with Crippen molar-refractivity contribution in [1.82, 2.24) is 15.5 Å². The monoisotopic (exact) mass is 394 g/mol. The van der Waals surface area contributed by atoms with Crippen LogP contribution < -0.4 is 15.4 Å². The van der Waals surface area contributed by atoms with Crippen LogP contribution in [-0.4, -0.2) is 70.0 Å². The summed E-state index contributed by atoms with van der Waals surface area (Å²) in [5, 5.41) is 6.55. The fourth-order valence-corrected chi connectivity index (χ4v) is 4.85. The summed E-state index contributed by atoms with van der Waals surface area (Å²) in [6.07, 6.45) is 1.29. The number of hydrogen-bond donors (Lipinski definition) is 2. The van der Waals surface area contributed by atoms with Gasteiger partial charge in [-0.15, -0.1) is 0 Å². The standard InChI is InChI=1S/C18H26N4O4S/c1-22(2)17(23)11-19-18(20-13-8-10-27(24,25)12-13)21-15-7-9-26-16-6-4-3-5-14(15)16/h3-6,13,15H,7-12H2,1-2H3,(H2,19,20,21). The molecule has 1 aromatic carbocycles. The first-order valence-electron chi connectivity index (χ1n) is 9.04. The first-order chi connectivity index (χ1) is 12.8. The van der Waals surface area contributed by atoms with Crippen LogP contribution >= 0.6 is 0 Å². The third kappa shape index (κ3) is 5.12. The number of amides is 1. The molecule has 27 heavy (non-hydrogen) atoms. The molecule has 0 saturated carbocycles. The number of likely N-dealkylation sites (N-methyl/N-ethyl adjacent to an activating group) is 1. The van der Waals surface area contributed by atoms with Crippen molar-refractivity contribution in [2.24, 2.45) is 4.99 Å². The molecule has 3 rings (SSSR count). The molecular formula is C18H26N4O4S. The van der Waals surface area contributed by atoms with Crippen molar-refractivity contribution in [3.8, 4) is 5.75 Å². The van der Waals surface area contributed by atoms with Crippen LogP contribution in [0.15, 0.2) is 29.3 Å². The van der Waals surface area contributed by atoms with Gasteiger partial charge >= 0.3 is 0 Å². The molecule has 1 fully saturated rings. The second-order valence-electron chi connectivity index (χ2n) is 7.07. The molecule has 2 N–H and O–H groups in total. The smallest absolute Gasteiger partial charge is 0.243 e. The minimum absolute atomic E-state index is 0.00727. The van der Waals surface area contributed by atoms with Crippen LogP contribution in [-0.2, 0) is 14.6 Å². The normalized spacial score (nSPS) is 23.9. The Balaban J connectivity index is 1.75. The number of ether oxygens (including phenoxy) is 1. The van der Waals surface area contributed by atoms with E-state index in [0.717, 1.165) is 17.7 Å². The van der Waals surface area contributed by atoms with Gasteiger partial charge in [-0.3, -0.25) is 4.79 Å². The van der Waals surface area contributed by atoms with Crippen molar-refractivity contribution in [1.29, 1.82) is 0 Å². The Bertz CT molecular complexity index is 822. The number of fused-ring (bicyclic) bond motifs is 1. The van der Waals surface area contributed by atoms with Gasteiger partial charge in [0.15, 0.2) is 15.8 Å². The summed E-state index contributed by atoms with van der Waals surface area (Å²) < 4.78 is 29.2. The van der Waals surface area contributed by atoms with Crippen LogP contribution in [0, 0.1) is 0 Å². The van der Waals surface area contributed by atoms with Crippen molar-refractivity contribution < 1.29 is 17.9 Å². The fourth-order valence-electron chi connectivity index (χ4n) is 3.18. The molecule has 1 saturated heterocycles. The van der Waals surface area contributed by atoms with Gasteiger partial charge in [-0.2, -0.15) is 0 Å². The second kappa shape index (κ2) is 8.16. The summed E-state index contributed by atoms with van der Waals surface area (Å²) in [7, 11) is 0.346. The zero-order chi connectivity index (χ0) is 19.4. The fraction of sp³-hybridized carbons (Fsp3) is 0.556. The number of aliphatic imine (C=N–C) groups is 1. The summed E-state index contributed by atoms with van der Waals surface area (Å²) in [6, 6.07) is 7.57.